The number of hydrogen-bond acceptors (Lipinski definition) is 4. The van der Waals surface area contributed by atoms with Crippen molar-refractivity contribution in [1.29, 1.82) is 0 Å². The highest BCUT2D eigenvalue weighted by Gasteiger charge is 2.13. The van der Waals surface area contributed by atoms with Gasteiger partial charge in [-0.1, -0.05) is 6.07 Å². The number of nitro groups is 1. The minimum Gasteiger partial charge on any atom is -0.378 e. The first-order valence-electron chi connectivity index (χ1n) is 6.11. The van der Waals surface area contributed by atoms with Crippen LogP contribution in [0.4, 0.5) is 11.4 Å². The Morgan fingerprint density at radius 3 is 2.67 bits per heavy atom. The molecule has 0 amide bonds. The highest BCUT2D eigenvalue weighted by molar-refractivity contribution is 5.62. The molecule has 0 aliphatic carbocycles. The maximum atomic E-state index is 10.9. The van der Waals surface area contributed by atoms with E-state index in [9.17, 15) is 10.1 Å². The average Bonchev–Trinajstić information content (AvgIpc) is 2.30. The third-order valence-electron chi connectivity index (χ3n) is 3.01. The predicted molar refractivity (Wildman–Crippen MR) is 74.1 cm³/mol. The molecule has 0 heterocycles. The van der Waals surface area contributed by atoms with Crippen LogP contribution < -0.4 is 5.32 Å². The van der Waals surface area contributed by atoms with Crippen molar-refractivity contribution in [2.24, 2.45) is 0 Å². The standard InChI is InChI=1S/C13H21N3O2/c1-10(2)15(4)8-7-14-12-6-5-11(3)9-13(12)16(17)18/h5-6,9-10,14H,7-8H2,1-4H3. The molecule has 0 bridgehead atoms. The highest BCUT2D eigenvalue weighted by atomic mass is 16.6. The first kappa shape index (κ1) is 14.4. The van der Waals surface area contributed by atoms with Gasteiger partial charge < -0.3 is 10.2 Å². The highest BCUT2D eigenvalue weighted by Crippen LogP contribution is 2.24. The maximum absolute atomic E-state index is 10.9. The Labute approximate surface area is 108 Å². The molecule has 1 N–H and O–H groups in total. The van der Waals surface area contributed by atoms with Gasteiger partial charge in [0.15, 0.2) is 0 Å². The van der Waals surface area contributed by atoms with Crippen molar-refractivity contribution < 1.29 is 4.92 Å². The fourth-order valence-electron chi connectivity index (χ4n) is 1.57. The van der Waals surface area contributed by atoms with Crippen LogP contribution >= 0.6 is 0 Å². The van der Waals surface area contributed by atoms with E-state index < -0.39 is 0 Å². The number of likely N-dealkylation sites (N-methyl/N-ethyl adjacent to an activating group) is 1. The SMILES string of the molecule is Cc1ccc(NCCN(C)C(C)C)c([N+](=O)[O-])c1. The molecule has 0 radical (unpaired) electrons. The van der Waals surface area contributed by atoms with Gasteiger partial charge in [-0.15, -0.1) is 0 Å². The topological polar surface area (TPSA) is 58.4 Å². The van der Waals surface area contributed by atoms with Crippen LogP contribution in [0.25, 0.3) is 0 Å². The van der Waals surface area contributed by atoms with Gasteiger partial charge in [-0.3, -0.25) is 10.1 Å². The lowest BCUT2D eigenvalue weighted by molar-refractivity contribution is -0.384. The summed E-state index contributed by atoms with van der Waals surface area (Å²) in [6, 6.07) is 5.71. The van der Waals surface area contributed by atoms with Crippen molar-refractivity contribution in [3.8, 4) is 0 Å². The van der Waals surface area contributed by atoms with Crippen LogP contribution in [0.3, 0.4) is 0 Å². The molecule has 0 aliphatic rings. The summed E-state index contributed by atoms with van der Waals surface area (Å²) in [5, 5.41) is 14.1. The number of nitrogens with one attached hydrogen (secondary N) is 1. The van der Waals surface area contributed by atoms with E-state index in [0.29, 0.717) is 18.3 Å². The van der Waals surface area contributed by atoms with E-state index in [1.807, 2.05) is 20.0 Å². The van der Waals surface area contributed by atoms with Gasteiger partial charge in [-0.25, -0.2) is 0 Å². The molecule has 0 unspecified atom stereocenters. The monoisotopic (exact) mass is 251 g/mol. The quantitative estimate of drug-likeness (QED) is 0.623. The second-order valence-corrected chi connectivity index (χ2v) is 4.78. The molecular weight excluding hydrogens is 230 g/mol. The van der Waals surface area contributed by atoms with Crippen LogP contribution in [0.1, 0.15) is 19.4 Å². The van der Waals surface area contributed by atoms with E-state index in [1.165, 1.54) is 0 Å². The number of nitrogens with zero attached hydrogens (tertiary/aromatic N) is 2. The van der Waals surface area contributed by atoms with E-state index in [-0.39, 0.29) is 10.6 Å². The van der Waals surface area contributed by atoms with Crippen molar-refractivity contribution in [2.45, 2.75) is 26.8 Å². The zero-order valence-electron chi connectivity index (χ0n) is 11.4. The zero-order valence-corrected chi connectivity index (χ0v) is 11.4. The summed E-state index contributed by atoms with van der Waals surface area (Å²) in [5.41, 5.74) is 1.62. The molecule has 0 spiro atoms. The third-order valence-corrected chi connectivity index (χ3v) is 3.01. The Kier molecular flexibility index (Phi) is 5.09. The van der Waals surface area contributed by atoms with Crippen LogP contribution in [0.15, 0.2) is 18.2 Å². The number of aryl methyl sites for hydroxylation is 1. The van der Waals surface area contributed by atoms with Crippen molar-refractivity contribution in [3.05, 3.63) is 33.9 Å². The van der Waals surface area contributed by atoms with Gasteiger partial charge in [0, 0.05) is 25.2 Å². The molecule has 0 saturated carbocycles. The van der Waals surface area contributed by atoms with E-state index in [0.717, 1.165) is 12.1 Å². The lowest BCUT2D eigenvalue weighted by Gasteiger charge is -2.21. The van der Waals surface area contributed by atoms with Gasteiger partial charge in [0.05, 0.1) is 4.92 Å². The van der Waals surface area contributed by atoms with Crippen LogP contribution in [0.2, 0.25) is 0 Å². The fourth-order valence-corrected chi connectivity index (χ4v) is 1.57. The minimum atomic E-state index is -0.346. The Morgan fingerprint density at radius 2 is 2.11 bits per heavy atom. The summed E-state index contributed by atoms with van der Waals surface area (Å²) >= 11 is 0. The number of benzene rings is 1. The van der Waals surface area contributed by atoms with Crippen LogP contribution in [0, 0.1) is 17.0 Å². The molecule has 1 rings (SSSR count). The lowest BCUT2D eigenvalue weighted by Crippen LogP contribution is -2.31. The molecule has 18 heavy (non-hydrogen) atoms. The van der Waals surface area contributed by atoms with E-state index in [1.54, 1.807) is 12.1 Å². The molecule has 0 atom stereocenters. The van der Waals surface area contributed by atoms with Crippen molar-refractivity contribution in [3.63, 3.8) is 0 Å². The van der Waals surface area contributed by atoms with Gasteiger partial charge >= 0.3 is 0 Å². The molecule has 1 aromatic rings. The molecule has 0 saturated heterocycles. The molecule has 0 aliphatic heterocycles. The summed E-state index contributed by atoms with van der Waals surface area (Å²) < 4.78 is 0. The number of hydrogen-bond donors (Lipinski definition) is 1. The van der Waals surface area contributed by atoms with Crippen LogP contribution in [-0.2, 0) is 0 Å². The van der Waals surface area contributed by atoms with E-state index in [4.69, 9.17) is 0 Å². The number of nitro benzene ring substituents is 1. The van der Waals surface area contributed by atoms with Crippen molar-refractivity contribution >= 4 is 11.4 Å². The molecule has 100 valence electrons. The minimum absolute atomic E-state index is 0.141. The number of anilines is 1. The number of rotatable bonds is 6. The zero-order chi connectivity index (χ0) is 13.7. The molecular formula is C13H21N3O2. The fraction of sp³-hybridized carbons (Fsp3) is 0.538. The van der Waals surface area contributed by atoms with Gasteiger partial charge in [0.1, 0.15) is 5.69 Å². The molecule has 5 nitrogen and oxygen atoms in total. The van der Waals surface area contributed by atoms with Gasteiger partial charge in [-0.05, 0) is 39.4 Å². The first-order valence-corrected chi connectivity index (χ1v) is 6.11. The lowest BCUT2D eigenvalue weighted by atomic mass is 10.2. The Hall–Kier alpha value is -1.62. The van der Waals surface area contributed by atoms with Gasteiger partial charge in [0.2, 0.25) is 0 Å². The van der Waals surface area contributed by atoms with Gasteiger partial charge in [0.25, 0.3) is 5.69 Å². The summed E-state index contributed by atoms with van der Waals surface area (Å²) in [6.45, 7) is 7.63. The molecule has 1 aromatic carbocycles. The van der Waals surface area contributed by atoms with Crippen LogP contribution in [0.5, 0.6) is 0 Å². The molecule has 0 fully saturated rings. The van der Waals surface area contributed by atoms with Crippen molar-refractivity contribution in [2.75, 3.05) is 25.5 Å². The Morgan fingerprint density at radius 1 is 1.44 bits per heavy atom. The van der Waals surface area contributed by atoms with E-state index >= 15 is 0 Å². The summed E-state index contributed by atoms with van der Waals surface area (Å²) in [5.74, 6) is 0. The van der Waals surface area contributed by atoms with Crippen LogP contribution in [-0.4, -0.2) is 36.0 Å². The molecule has 5 heteroatoms. The van der Waals surface area contributed by atoms with Gasteiger partial charge in [-0.2, -0.15) is 0 Å². The van der Waals surface area contributed by atoms with Crippen molar-refractivity contribution in [1.82, 2.24) is 4.90 Å². The predicted octanol–water partition coefficient (Wildman–Crippen LogP) is 2.66. The Bertz CT molecular complexity index is 419. The van der Waals surface area contributed by atoms with E-state index in [2.05, 4.69) is 24.1 Å². The largest absolute Gasteiger partial charge is 0.378 e. The average molecular weight is 251 g/mol. The summed E-state index contributed by atoms with van der Waals surface area (Å²) in [4.78, 5) is 12.8. The smallest absolute Gasteiger partial charge is 0.292 e. The first-order chi connectivity index (χ1) is 8.41. The maximum Gasteiger partial charge on any atom is 0.292 e. The Balaban J connectivity index is 2.65. The second kappa shape index (κ2) is 6.35. The summed E-state index contributed by atoms with van der Waals surface area (Å²) in [7, 11) is 2.04. The molecule has 0 aromatic heterocycles. The third kappa shape index (κ3) is 4.00. The summed E-state index contributed by atoms with van der Waals surface area (Å²) in [6.07, 6.45) is 0. The normalized spacial score (nSPS) is 11.0. The second-order valence-electron chi connectivity index (χ2n) is 4.78.